The quantitative estimate of drug-likeness (QED) is 0.258. The van der Waals surface area contributed by atoms with E-state index in [0.29, 0.717) is 26.8 Å². The lowest BCUT2D eigenvalue weighted by Gasteiger charge is -2.18. The Hall–Kier alpha value is -2.43. The number of rotatable bonds is 8. The van der Waals surface area contributed by atoms with E-state index in [1.54, 1.807) is 35.8 Å². The molecule has 182 valence electrons. The fourth-order valence-corrected chi connectivity index (χ4v) is 5.80. The molecule has 6 nitrogen and oxygen atoms in total. The summed E-state index contributed by atoms with van der Waals surface area (Å²) in [5, 5.41) is 10.2. The molecule has 1 aromatic heterocycles. The number of sulfonamides is 1. The number of nitrogens with one attached hydrogen (secondary N) is 1. The van der Waals surface area contributed by atoms with Crippen LogP contribution in [-0.2, 0) is 15.8 Å². The highest BCUT2D eigenvalue weighted by Gasteiger charge is 2.25. The number of aromatic nitrogens is 3. The molecule has 0 saturated heterocycles. The fourth-order valence-electron chi connectivity index (χ4n) is 3.40. The first kappa shape index (κ1) is 25.7. The molecule has 0 amide bonds. The van der Waals surface area contributed by atoms with Crippen LogP contribution < -0.4 is 4.72 Å². The average molecular weight is 551 g/mol. The predicted octanol–water partition coefficient (Wildman–Crippen LogP) is 6.35. The lowest BCUT2D eigenvalue weighted by molar-refractivity contribution is 0.556. The van der Waals surface area contributed by atoms with Gasteiger partial charge >= 0.3 is 0 Å². The Bertz CT molecular complexity index is 1440. The first-order chi connectivity index (χ1) is 16.6. The van der Waals surface area contributed by atoms with Gasteiger partial charge in [0, 0.05) is 15.8 Å². The van der Waals surface area contributed by atoms with Crippen LogP contribution in [-0.4, -0.2) is 23.2 Å². The molecule has 4 rings (SSSR count). The standard InChI is InChI=1S/C24H21Cl2FN4O2S2/c1-15-3-6-19(26)13-22(15)31-23(16(2)30-35(32,33)21-11-7-18(25)8-12-21)28-29-24(31)34-14-17-4-9-20(27)10-5-17/h3-13,16,30H,14H2,1-2H3. The van der Waals surface area contributed by atoms with Gasteiger partial charge in [-0.15, -0.1) is 10.2 Å². The predicted molar refractivity (Wildman–Crippen MR) is 137 cm³/mol. The summed E-state index contributed by atoms with van der Waals surface area (Å²) in [5.41, 5.74) is 2.55. The summed E-state index contributed by atoms with van der Waals surface area (Å²) in [7, 11) is -3.85. The van der Waals surface area contributed by atoms with E-state index in [9.17, 15) is 12.8 Å². The van der Waals surface area contributed by atoms with Gasteiger partial charge in [0.2, 0.25) is 10.0 Å². The van der Waals surface area contributed by atoms with E-state index in [1.807, 2.05) is 13.0 Å². The summed E-state index contributed by atoms with van der Waals surface area (Å²) in [5.74, 6) is 0.609. The second-order valence-corrected chi connectivity index (χ2v) is 11.3. The van der Waals surface area contributed by atoms with E-state index in [-0.39, 0.29) is 10.7 Å². The van der Waals surface area contributed by atoms with E-state index in [2.05, 4.69) is 14.9 Å². The van der Waals surface area contributed by atoms with Gasteiger partial charge in [-0.1, -0.05) is 53.2 Å². The number of benzene rings is 3. The monoisotopic (exact) mass is 550 g/mol. The van der Waals surface area contributed by atoms with E-state index < -0.39 is 16.1 Å². The van der Waals surface area contributed by atoms with E-state index in [0.717, 1.165) is 16.8 Å². The summed E-state index contributed by atoms with van der Waals surface area (Å²) in [4.78, 5) is 0.0876. The Morgan fingerprint density at radius 3 is 2.34 bits per heavy atom. The van der Waals surface area contributed by atoms with Crippen LogP contribution in [0, 0.1) is 12.7 Å². The zero-order chi connectivity index (χ0) is 25.2. The van der Waals surface area contributed by atoms with Crippen LogP contribution >= 0.6 is 35.0 Å². The maximum Gasteiger partial charge on any atom is 0.241 e. The van der Waals surface area contributed by atoms with E-state index in [1.165, 1.54) is 48.2 Å². The van der Waals surface area contributed by atoms with Crippen LogP contribution in [0.25, 0.3) is 5.69 Å². The Morgan fingerprint density at radius 2 is 1.66 bits per heavy atom. The summed E-state index contributed by atoms with van der Waals surface area (Å²) >= 11 is 13.6. The Balaban J connectivity index is 1.70. The molecular weight excluding hydrogens is 530 g/mol. The molecule has 0 aliphatic carbocycles. The molecule has 0 aliphatic heterocycles. The third kappa shape index (κ3) is 6.05. The minimum Gasteiger partial charge on any atom is -0.272 e. The van der Waals surface area contributed by atoms with Crippen molar-refractivity contribution in [2.45, 2.75) is 35.7 Å². The molecule has 0 fully saturated rings. The number of nitrogens with zero attached hydrogens (tertiary/aromatic N) is 3. The van der Waals surface area contributed by atoms with Gasteiger partial charge in [0.15, 0.2) is 11.0 Å². The smallest absolute Gasteiger partial charge is 0.241 e. The molecular formula is C24H21Cl2FN4O2S2. The molecule has 1 unspecified atom stereocenters. The number of halogens is 3. The van der Waals surface area contributed by atoms with Crippen molar-refractivity contribution in [2.75, 3.05) is 0 Å². The lowest BCUT2D eigenvalue weighted by atomic mass is 10.2. The molecule has 1 heterocycles. The Labute approximate surface area is 217 Å². The van der Waals surface area contributed by atoms with Crippen molar-refractivity contribution >= 4 is 45.0 Å². The topological polar surface area (TPSA) is 76.9 Å². The summed E-state index contributed by atoms with van der Waals surface area (Å²) in [6.07, 6.45) is 0. The van der Waals surface area contributed by atoms with Crippen molar-refractivity contribution in [3.8, 4) is 5.69 Å². The maximum atomic E-state index is 13.3. The highest BCUT2D eigenvalue weighted by molar-refractivity contribution is 7.98. The van der Waals surface area contributed by atoms with Gasteiger partial charge in [-0.3, -0.25) is 4.57 Å². The summed E-state index contributed by atoms with van der Waals surface area (Å²) in [6, 6.07) is 16.8. The minimum atomic E-state index is -3.85. The van der Waals surface area contributed by atoms with Crippen LogP contribution in [0.15, 0.2) is 76.8 Å². The van der Waals surface area contributed by atoms with Gasteiger partial charge in [0.05, 0.1) is 16.6 Å². The fraction of sp³-hybridized carbons (Fsp3) is 0.167. The summed E-state index contributed by atoms with van der Waals surface area (Å²) in [6.45, 7) is 3.62. The molecule has 4 aromatic rings. The molecule has 3 aromatic carbocycles. The molecule has 1 atom stereocenters. The first-order valence-electron chi connectivity index (χ1n) is 10.5. The molecule has 35 heavy (non-hydrogen) atoms. The molecule has 0 radical (unpaired) electrons. The van der Waals surface area contributed by atoms with Crippen molar-refractivity contribution in [1.82, 2.24) is 19.5 Å². The summed E-state index contributed by atoms with van der Waals surface area (Å²) < 4.78 is 43.7. The van der Waals surface area contributed by atoms with Gasteiger partial charge in [-0.05, 0) is 73.5 Å². The van der Waals surface area contributed by atoms with Gasteiger partial charge in [-0.25, -0.2) is 17.5 Å². The largest absolute Gasteiger partial charge is 0.272 e. The zero-order valence-electron chi connectivity index (χ0n) is 18.7. The molecule has 0 bridgehead atoms. The highest BCUT2D eigenvalue weighted by Crippen LogP contribution is 2.31. The van der Waals surface area contributed by atoms with Gasteiger partial charge < -0.3 is 0 Å². The van der Waals surface area contributed by atoms with E-state index in [4.69, 9.17) is 23.2 Å². The molecule has 0 aliphatic rings. The van der Waals surface area contributed by atoms with Gasteiger partial charge in [0.25, 0.3) is 0 Å². The van der Waals surface area contributed by atoms with Crippen molar-refractivity contribution in [3.05, 3.63) is 99.5 Å². The molecule has 1 N–H and O–H groups in total. The van der Waals surface area contributed by atoms with Crippen LogP contribution in [0.4, 0.5) is 4.39 Å². The Kier molecular flexibility index (Phi) is 7.83. The van der Waals surface area contributed by atoms with Crippen molar-refractivity contribution in [3.63, 3.8) is 0 Å². The van der Waals surface area contributed by atoms with Crippen molar-refractivity contribution in [2.24, 2.45) is 0 Å². The lowest BCUT2D eigenvalue weighted by Crippen LogP contribution is -2.29. The third-order valence-electron chi connectivity index (χ3n) is 5.19. The molecule has 11 heteroatoms. The minimum absolute atomic E-state index is 0.0876. The number of hydrogen-bond donors (Lipinski definition) is 1. The van der Waals surface area contributed by atoms with Gasteiger partial charge in [0.1, 0.15) is 5.82 Å². The van der Waals surface area contributed by atoms with Crippen LogP contribution in [0.3, 0.4) is 0 Å². The third-order valence-corrected chi connectivity index (χ3v) is 8.24. The molecule has 0 saturated carbocycles. The van der Waals surface area contributed by atoms with Crippen LogP contribution in [0.2, 0.25) is 10.0 Å². The highest BCUT2D eigenvalue weighted by atomic mass is 35.5. The Morgan fingerprint density at radius 1 is 1.00 bits per heavy atom. The van der Waals surface area contributed by atoms with Crippen LogP contribution in [0.5, 0.6) is 0 Å². The van der Waals surface area contributed by atoms with Crippen LogP contribution in [0.1, 0.15) is 29.9 Å². The SMILES string of the molecule is Cc1ccc(Cl)cc1-n1c(SCc2ccc(F)cc2)nnc1C(C)NS(=O)(=O)c1ccc(Cl)cc1. The molecule has 0 spiro atoms. The second kappa shape index (κ2) is 10.7. The zero-order valence-corrected chi connectivity index (χ0v) is 21.9. The van der Waals surface area contributed by atoms with E-state index >= 15 is 0 Å². The number of hydrogen-bond acceptors (Lipinski definition) is 5. The number of thioether (sulfide) groups is 1. The maximum absolute atomic E-state index is 13.3. The number of aryl methyl sites for hydroxylation is 1. The van der Waals surface area contributed by atoms with Crippen molar-refractivity contribution in [1.29, 1.82) is 0 Å². The normalized spacial score (nSPS) is 12.6. The van der Waals surface area contributed by atoms with Crippen molar-refractivity contribution < 1.29 is 12.8 Å². The first-order valence-corrected chi connectivity index (χ1v) is 13.7. The average Bonchev–Trinajstić information content (AvgIpc) is 3.24. The van der Waals surface area contributed by atoms with Gasteiger partial charge in [-0.2, -0.15) is 0 Å². The second-order valence-electron chi connectivity index (χ2n) is 7.82.